The summed E-state index contributed by atoms with van der Waals surface area (Å²) in [4.78, 5) is 25.7. The number of hydrogen-bond donors (Lipinski definition) is 1. The topological polar surface area (TPSA) is 67.2 Å². The maximum absolute atomic E-state index is 13.6. The SMILES string of the molecule is CC(CN1CCCC1=O)NC(=O)c1cnn(-c2ccccc2)c1C(F)(F)F. The summed E-state index contributed by atoms with van der Waals surface area (Å²) < 4.78 is 41.5. The van der Waals surface area contributed by atoms with Crippen molar-refractivity contribution in [2.45, 2.75) is 32.0 Å². The summed E-state index contributed by atoms with van der Waals surface area (Å²) in [5.41, 5.74) is -1.47. The summed E-state index contributed by atoms with van der Waals surface area (Å²) in [5.74, 6) is -0.882. The minimum Gasteiger partial charge on any atom is -0.348 e. The Kier molecular flexibility index (Phi) is 5.20. The maximum atomic E-state index is 13.6. The molecule has 144 valence electrons. The number of para-hydroxylation sites is 1. The quantitative estimate of drug-likeness (QED) is 0.867. The van der Waals surface area contributed by atoms with Gasteiger partial charge >= 0.3 is 6.18 Å². The molecule has 2 amide bonds. The van der Waals surface area contributed by atoms with Crippen molar-refractivity contribution in [1.29, 1.82) is 0 Å². The summed E-state index contributed by atoms with van der Waals surface area (Å²) in [7, 11) is 0. The van der Waals surface area contributed by atoms with Gasteiger partial charge in [0.05, 0.1) is 17.4 Å². The van der Waals surface area contributed by atoms with Crippen molar-refractivity contribution in [2.75, 3.05) is 13.1 Å². The number of halogens is 3. The minimum atomic E-state index is -4.76. The van der Waals surface area contributed by atoms with Gasteiger partial charge < -0.3 is 10.2 Å². The Hall–Kier alpha value is -2.84. The molecule has 1 saturated heterocycles. The first kappa shape index (κ1) is 18.9. The standard InChI is InChI=1S/C18H19F3N4O2/c1-12(11-24-9-5-8-15(24)26)23-17(27)14-10-22-25(16(14)18(19,20)21)13-6-3-2-4-7-13/h2-4,6-7,10,12H,5,8-9,11H2,1H3,(H,23,27). The number of carbonyl (C=O) groups excluding carboxylic acids is 2. The summed E-state index contributed by atoms with van der Waals surface area (Å²) in [6, 6.07) is 7.32. The lowest BCUT2D eigenvalue weighted by molar-refractivity contribution is -0.143. The molecule has 27 heavy (non-hydrogen) atoms. The van der Waals surface area contributed by atoms with Crippen molar-refractivity contribution >= 4 is 11.8 Å². The van der Waals surface area contributed by atoms with Gasteiger partial charge in [0.25, 0.3) is 5.91 Å². The zero-order valence-corrected chi connectivity index (χ0v) is 14.7. The fourth-order valence-electron chi connectivity index (χ4n) is 3.13. The molecule has 2 heterocycles. The molecule has 0 saturated carbocycles. The molecule has 6 nitrogen and oxygen atoms in total. The number of nitrogens with one attached hydrogen (secondary N) is 1. The normalized spacial score (nSPS) is 15.9. The summed E-state index contributed by atoms with van der Waals surface area (Å²) >= 11 is 0. The number of amides is 2. The van der Waals surface area contributed by atoms with Crippen LogP contribution in [0.25, 0.3) is 5.69 Å². The molecule has 1 unspecified atom stereocenters. The molecule has 1 N–H and O–H groups in total. The highest BCUT2D eigenvalue weighted by atomic mass is 19.4. The number of likely N-dealkylation sites (tertiary alicyclic amines) is 1. The van der Waals surface area contributed by atoms with Crippen molar-refractivity contribution in [3.63, 3.8) is 0 Å². The lowest BCUT2D eigenvalue weighted by Crippen LogP contribution is -2.42. The van der Waals surface area contributed by atoms with Crippen molar-refractivity contribution in [1.82, 2.24) is 20.0 Å². The van der Waals surface area contributed by atoms with Crippen LogP contribution in [0.1, 0.15) is 35.8 Å². The highest BCUT2D eigenvalue weighted by Gasteiger charge is 2.40. The Morgan fingerprint density at radius 2 is 2.00 bits per heavy atom. The van der Waals surface area contributed by atoms with Crippen LogP contribution in [0.5, 0.6) is 0 Å². The van der Waals surface area contributed by atoms with Crippen LogP contribution in [0, 0.1) is 0 Å². The van der Waals surface area contributed by atoms with Crippen LogP contribution in [-0.4, -0.2) is 45.6 Å². The van der Waals surface area contributed by atoms with E-state index in [0.717, 1.165) is 12.6 Å². The molecule has 1 aliphatic heterocycles. The molecule has 1 aromatic carbocycles. The zero-order valence-electron chi connectivity index (χ0n) is 14.7. The fourth-order valence-corrected chi connectivity index (χ4v) is 3.13. The van der Waals surface area contributed by atoms with Crippen molar-refractivity contribution in [2.24, 2.45) is 0 Å². The molecule has 0 radical (unpaired) electrons. The largest absolute Gasteiger partial charge is 0.434 e. The second-order valence-electron chi connectivity index (χ2n) is 6.47. The average Bonchev–Trinajstić information content (AvgIpc) is 3.22. The molecule has 9 heteroatoms. The van der Waals surface area contributed by atoms with Gasteiger partial charge in [0.1, 0.15) is 0 Å². The molecule has 0 bridgehead atoms. The number of nitrogens with zero attached hydrogens (tertiary/aromatic N) is 3. The van der Waals surface area contributed by atoms with Gasteiger partial charge in [-0.3, -0.25) is 9.59 Å². The van der Waals surface area contributed by atoms with E-state index in [1.165, 1.54) is 12.1 Å². The third kappa shape index (κ3) is 4.12. The van der Waals surface area contributed by atoms with Gasteiger partial charge in [-0.25, -0.2) is 4.68 Å². The van der Waals surface area contributed by atoms with Gasteiger partial charge in [-0.15, -0.1) is 0 Å². The molecule has 2 aromatic rings. The summed E-state index contributed by atoms with van der Waals surface area (Å²) in [6.07, 6.45) is -2.63. The van der Waals surface area contributed by atoms with Crippen LogP contribution >= 0.6 is 0 Å². The first-order valence-electron chi connectivity index (χ1n) is 8.56. The van der Waals surface area contributed by atoms with E-state index in [9.17, 15) is 22.8 Å². The van der Waals surface area contributed by atoms with Crippen LogP contribution in [0.15, 0.2) is 36.5 Å². The number of benzene rings is 1. The van der Waals surface area contributed by atoms with Gasteiger partial charge in [0, 0.05) is 25.6 Å². The van der Waals surface area contributed by atoms with Gasteiger partial charge in [-0.1, -0.05) is 18.2 Å². The number of aromatic nitrogens is 2. The summed E-state index contributed by atoms with van der Waals surface area (Å²) in [6.45, 7) is 2.51. The Bertz CT molecular complexity index is 833. The molecule has 1 aliphatic rings. The van der Waals surface area contributed by atoms with Crippen molar-refractivity contribution in [3.8, 4) is 5.69 Å². The molecule has 0 aliphatic carbocycles. The Balaban J connectivity index is 1.82. The molecular formula is C18H19F3N4O2. The van der Waals surface area contributed by atoms with E-state index in [2.05, 4.69) is 10.4 Å². The lowest BCUT2D eigenvalue weighted by Gasteiger charge is -2.22. The molecule has 1 atom stereocenters. The number of alkyl halides is 3. The van der Waals surface area contributed by atoms with Crippen LogP contribution in [0.2, 0.25) is 0 Å². The fraction of sp³-hybridized carbons (Fsp3) is 0.389. The predicted molar refractivity (Wildman–Crippen MR) is 91.3 cm³/mol. The van der Waals surface area contributed by atoms with E-state index in [0.29, 0.717) is 17.6 Å². The Morgan fingerprint density at radius 1 is 1.30 bits per heavy atom. The molecular weight excluding hydrogens is 361 g/mol. The average molecular weight is 380 g/mol. The number of hydrogen-bond acceptors (Lipinski definition) is 3. The van der Waals surface area contributed by atoms with Crippen molar-refractivity contribution < 1.29 is 22.8 Å². The lowest BCUT2D eigenvalue weighted by atomic mass is 10.2. The van der Waals surface area contributed by atoms with Crippen molar-refractivity contribution in [3.05, 3.63) is 47.8 Å². The third-order valence-corrected chi connectivity index (χ3v) is 4.33. The number of rotatable bonds is 5. The molecule has 0 spiro atoms. The van der Waals surface area contributed by atoms with E-state index in [1.54, 1.807) is 30.0 Å². The summed E-state index contributed by atoms with van der Waals surface area (Å²) in [5, 5.41) is 6.30. The van der Waals surface area contributed by atoms with Crippen LogP contribution < -0.4 is 5.32 Å². The second kappa shape index (κ2) is 7.42. The van der Waals surface area contributed by atoms with Crippen LogP contribution in [0.3, 0.4) is 0 Å². The first-order chi connectivity index (χ1) is 12.8. The molecule has 1 fully saturated rings. The van der Waals surface area contributed by atoms with Gasteiger partial charge in [0.15, 0.2) is 5.69 Å². The van der Waals surface area contributed by atoms with E-state index in [-0.39, 0.29) is 18.1 Å². The second-order valence-corrected chi connectivity index (χ2v) is 6.47. The molecule has 1 aromatic heterocycles. The van der Waals surface area contributed by atoms with E-state index >= 15 is 0 Å². The maximum Gasteiger partial charge on any atom is 0.434 e. The van der Waals surface area contributed by atoms with Gasteiger partial charge in [0.2, 0.25) is 5.91 Å². The van der Waals surface area contributed by atoms with Crippen LogP contribution in [-0.2, 0) is 11.0 Å². The predicted octanol–water partition coefficient (Wildman–Crippen LogP) is 2.63. The van der Waals surface area contributed by atoms with Crippen LogP contribution in [0.4, 0.5) is 13.2 Å². The van der Waals surface area contributed by atoms with E-state index < -0.39 is 29.4 Å². The zero-order chi connectivity index (χ0) is 19.6. The van der Waals surface area contributed by atoms with E-state index in [4.69, 9.17) is 0 Å². The smallest absolute Gasteiger partial charge is 0.348 e. The highest BCUT2D eigenvalue weighted by Crippen LogP contribution is 2.33. The Labute approximate surface area is 154 Å². The van der Waals surface area contributed by atoms with E-state index in [1.807, 2.05) is 0 Å². The first-order valence-corrected chi connectivity index (χ1v) is 8.56. The molecule has 3 rings (SSSR count). The highest BCUT2D eigenvalue weighted by molar-refractivity contribution is 5.95. The van der Waals surface area contributed by atoms with Gasteiger partial charge in [-0.2, -0.15) is 18.3 Å². The monoisotopic (exact) mass is 380 g/mol. The Morgan fingerprint density at radius 3 is 2.59 bits per heavy atom. The minimum absolute atomic E-state index is 0.0102. The third-order valence-electron chi connectivity index (χ3n) is 4.33. The van der Waals surface area contributed by atoms with Gasteiger partial charge in [-0.05, 0) is 25.5 Å². The number of carbonyl (C=O) groups is 2.